The molecule has 0 spiro atoms. The highest BCUT2D eigenvalue weighted by Crippen LogP contribution is 2.51. The van der Waals surface area contributed by atoms with Crippen molar-refractivity contribution in [1.82, 2.24) is 0 Å². The topological polar surface area (TPSA) is 20.2 Å². The van der Waals surface area contributed by atoms with Crippen LogP contribution in [0.4, 0.5) is 0 Å². The Morgan fingerprint density at radius 1 is 1.21 bits per heavy atom. The first kappa shape index (κ1) is 12.9. The van der Waals surface area contributed by atoms with Crippen molar-refractivity contribution in [2.24, 2.45) is 5.92 Å². The van der Waals surface area contributed by atoms with Gasteiger partial charge in [0.25, 0.3) is 0 Å². The van der Waals surface area contributed by atoms with Crippen molar-refractivity contribution < 1.29 is 9.59 Å². The summed E-state index contributed by atoms with van der Waals surface area (Å²) in [5, 5.41) is 11.4. The van der Waals surface area contributed by atoms with E-state index in [-0.39, 0.29) is 0 Å². The second-order valence-electron chi connectivity index (χ2n) is 6.63. The molecule has 2 nitrogen and oxygen atoms in total. The van der Waals surface area contributed by atoms with Crippen LogP contribution >= 0.6 is 0 Å². The number of benzene rings is 1. The first-order valence-corrected chi connectivity index (χ1v) is 7.22. The number of aryl methyl sites for hydroxylation is 2. The minimum atomic E-state index is -0.830. The summed E-state index contributed by atoms with van der Waals surface area (Å²) in [6.45, 7) is 10.7. The van der Waals surface area contributed by atoms with Gasteiger partial charge in [-0.2, -0.15) is 0 Å². The number of hydrogen-bond acceptors (Lipinski definition) is 1. The highest BCUT2D eigenvalue weighted by atomic mass is 16.3. The van der Waals surface area contributed by atoms with Gasteiger partial charge in [-0.3, -0.25) is 4.48 Å². The SMILES string of the molecule is C=C1[C@](O)(c2ccc(C)c(C)c2)C2CC[N+]1(C)CC2. The van der Waals surface area contributed by atoms with Crippen LogP contribution in [0, 0.1) is 19.8 Å². The van der Waals surface area contributed by atoms with Crippen LogP contribution in [0.15, 0.2) is 30.5 Å². The zero-order valence-electron chi connectivity index (χ0n) is 12.2. The molecular weight excluding hydrogens is 234 g/mol. The number of piperidine rings is 3. The molecule has 0 amide bonds. The van der Waals surface area contributed by atoms with Crippen LogP contribution in [0.1, 0.15) is 29.5 Å². The smallest absolute Gasteiger partial charge is 0.166 e. The van der Waals surface area contributed by atoms with Gasteiger partial charge in [0.2, 0.25) is 0 Å². The average molecular weight is 258 g/mol. The van der Waals surface area contributed by atoms with Crippen LogP contribution in [0.25, 0.3) is 0 Å². The fourth-order valence-corrected chi connectivity index (χ4v) is 3.85. The van der Waals surface area contributed by atoms with Gasteiger partial charge in [0.05, 0.1) is 20.1 Å². The zero-order chi connectivity index (χ0) is 13.8. The lowest BCUT2D eigenvalue weighted by Crippen LogP contribution is -2.63. The number of rotatable bonds is 1. The first-order valence-electron chi connectivity index (χ1n) is 7.22. The maximum absolute atomic E-state index is 11.4. The Labute approximate surface area is 116 Å². The highest BCUT2D eigenvalue weighted by molar-refractivity contribution is 5.38. The molecule has 1 atom stereocenters. The van der Waals surface area contributed by atoms with Crippen molar-refractivity contribution in [2.75, 3.05) is 20.1 Å². The normalized spacial score (nSPS) is 37.7. The predicted octanol–water partition coefficient (Wildman–Crippen LogP) is 2.87. The van der Waals surface area contributed by atoms with E-state index in [4.69, 9.17) is 0 Å². The fourth-order valence-electron chi connectivity index (χ4n) is 3.85. The van der Waals surface area contributed by atoms with Crippen LogP contribution in [-0.2, 0) is 5.60 Å². The van der Waals surface area contributed by atoms with Crippen LogP contribution < -0.4 is 0 Å². The van der Waals surface area contributed by atoms with E-state index < -0.39 is 5.60 Å². The lowest BCUT2D eigenvalue weighted by Gasteiger charge is -2.55. The maximum Gasteiger partial charge on any atom is 0.166 e. The standard InChI is InChI=1S/C17H24NO/c1-12-5-6-16(11-13(12)2)17(19)14(3)18(4)9-7-15(17)8-10-18/h5-6,11,15,19H,3,7-10H2,1-2,4H3/q+1/t15?,17-,18?/m1/s1. The molecule has 3 fully saturated rings. The summed E-state index contributed by atoms with van der Waals surface area (Å²) in [6, 6.07) is 6.35. The summed E-state index contributed by atoms with van der Waals surface area (Å²) >= 11 is 0. The molecule has 3 heterocycles. The Morgan fingerprint density at radius 3 is 2.42 bits per heavy atom. The summed E-state index contributed by atoms with van der Waals surface area (Å²) in [7, 11) is 2.21. The molecule has 0 unspecified atom stereocenters. The Kier molecular flexibility index (Phi) is 2.67. The summed E-state index contributed by atoms with van der Waals surface area (Å²) in [5.41, 5.74) is 3.72. The molecule has 19 heavy (non-hydrogen) atoms. The molecule has 1 aromatic rings. The van der Waals surface area contributed by atoms with Gasteiger partial charge in [0.1, 0.15) is 5.70 Å². The summed E-state index contributed by atoms with van der Waals surface area (Å²) < 4.78 is 0.833. The van der Waals surface area contributed by atoms with Gasteiger partial charge in [-0.15, -0.1) is 0 Å². The number of aliphatic hydroxyl groups is 1. The van der Waals surface area contributed by atoms with E-state index in [0.717, 1.165) is 41.7 Å². The Bertz CT molecular complexity index is 540. The summed E-state index contributed by atoms with van der Waals surface area (Å²) in [5.74, 6) is 0.335. The maximum atomic E-state index is 11.4. The molecule has 0 saturated carbocycles. The average Bonchev–Trinajstić information content (AvgIpc) is 2.39. The number of quaternary nitrogens is 1. The summed E-state index contributed by atoms with van der Waals surface area (Å²) in [6.07, 6.45) is 2.19. The lowest BCUT2D eigenvalue weighted by atomic mass is 9.68. The van der Waals surface area contributed by atoms with Crippen molar-refractivity contribution in [3.05, 3.63) is 47.2 Å². The van der Waals surface area contributed by atoms with Crippen LogP contribution in [0.2, 0.25) is 0 Å². The molecule has 0 aromatic heterocycles. The third kappa shape index (κ3) is 1.63. The molecule has 2 heteroatoms. The van der Waals surface area contributed by atoms with Crippen molar-refractivity contribution >= 4 is 0 Å². The third-order valence-electron chi connectivity index (χ3n) is 5.57. The Morgan fingerprint density at radius 2 is 1.84 bits per heavy atom. The van der Waals surface area contributed by atoms with Gasteiger partial charge in [0, 0.05) is 18.8 Å². The second-order valence-corrected chi connectivity index (χ2v) is 6.63. The molecule has 102 valence electrons. The Hall–Kier alpha value is -1.12. The van der Waals surface area contributed by atoms with E-state index in [9.17, 15) is 5.11 Å². The second kappa shape index (κ2) is 3.94. The van der Waals surface area contributed by atoms with Crippen molar-refractivity contribution in [3.63, 3.8) is 0 Å². The first-order chi connectivity index (χ1) is 8.88. The van der Waals surface area contributed by atoms with Crippen LogP contribution in [0.3, 0.4) is 0 Å². The fraction of sp³-hybridized carbons (Fsp3) is 0.529. The van der Waals surface area contributed by atoms with Gasteiger partial charge < -0.3 is 5.11 Å². The number of hydrogen-bond donors (Lipinski definition) is 1. The monoisotopic (exact) mass is 258 g/mol. The Balaban J connectivity index is 2.11. The molecule has 0 radical (unpaired) electrons. The lowest BCUT2D eigenvalue weighted by molar-refractivity contribution is -0.896. The van der Waals surface area contributed by atoms with Crippen LogP contribution in [-0.4, -0.2) is 29.7 Å². The molecule has 1 aromatic carbocycles. The van der Waals surface area contributed by atoms with E-state index in [2.05, 4.69) is 45.7 Å². The van der Waals surface area contributed by atoms with E-state index in [1.165, 1.54) is 11.1 Å². The molecule has 4 rings (SSSR count). The summed E-state index contributed by atoms with van der Waals surface area (Å²) in [4.78, 5) is 0. The highest BCUT2D eigenvalue weighted by Gasteiger charge is 2.57. The zero-order valence-corrected chi connectivity index (χ0v) is 12.2. The van der Waals surface area contributed by atoms with Crippen molar-refractivity contribution in [2.45, 2.75) is 32.3 Å². The molecule has 3 aliphatic heterocycles. The molecule has 3 saturated heterocycles. The van der Waals surface area contributed by atoms with E-state index in [1.807, 2.05) is 0 Å². The third-order valence-corrected chi connectivity index (χ3v) is 5.57. The van der Waals surface area contributed by atoms with E-state index in [0.29, 0.717) is 5.92 Å². The number of fused-ring (bicyclic) bond motifs is 3. The van der Waals surface area contributed by atoms with Crippen molar-refractivity contribution in [1.29, 1.82) is 0 Å². The van der Waals surface area contributed by atoms with Gasteiger partial charge >= 0.3 is 0 Å². The molecule has 0 aliphatic carbocycles. The van der Waals surface area contributed by atoms with Crippen molar-refractivity contribution in [3.8, 4) is 0 Å². The minimum Gasteiger partial charge on any atom is -0.375 e. The quantitative estimate of drug-likeness (QED) is 0.768. The molecule has 3 aliphatic rings. The van der Waals surface area contributed by atoms with Crippen LogP contribution in [0.5, 0.6) is 0 Å². The number of nitrogens with zero attached hydrogens (tertiary/aromatic N) is 1. The van der Waals surface area contributed by atoms with Gasteiger partial charge in [-0.1, -0.05) is 18.2 Å². The largest absolute Gasteiger partial charge is 0.375 e. The number of likely N-dealkylation sites (N-methyl/N-ethyl adjacent to an activating group) is 1. The van der Waals surface area contributed by atoms with Gasteiger partial charge in [-0.25, -0.2) is 0 Å². The van der Waals surface area contributed by atoms with Gasteiger partial charge in [0.15, 0.2) is 5.60 Å². The molecule has 1 N–H and O–H groups in total. The van der Waals surface area contributed by atoms with Gasteiger partial charge in [-0.05, 0) is 37.1 Å². The van der Waals surface area contributed by atoms with E-state index >= 15 is 0 Å². The minimum absolute atomic E-state index is 0.335. The molecule has 2 bridgehead atoms. The molecular formula is C17H24NO+. The van der Waals surface area contributed by atoms with E-state index in [1.54, 1.807) is 0 Å². The predicted molar refractivity (Wildman–Crippen MR) is 77.6 cm³/mol.